The summed E-state index contributed by atoms with van der Waals surface area (Å²) in [6, 6.07) is 14.4. The van der Waals surface area contributed by atoms with Gasteiger partial charge in [0.2, 0.25) is 0 Å². The van der Waals surface area contributed by atoms with Crippen molar-refractivity contribution in [1.29, 1.82) is 0 Å². The molecule has 2 rings (SSSR count). The fourth-order valence-corrected chi connectivity index (χ4v) is 1.50. The third kappa shape index (κ3) is 3.55. The van der Waals surface area contributed by atoms with Crippen LogP contribution in [0.15, 0.2) is 47.4 Å². The van der Waals surface area contributed by atoms with Crippen molar-refractivity contribution in [2.45, 2.75) is 4.90 Å². The Bertz CT molecular complexity index is 410. The maximum absolute atomic E-state index is 7.75. The monoisotopic (exact) mass is 221 g/mol. The lowest BCUT2D eigenvalue weighted by Crippen LogP contribution is -2.02. The van der Waals surface area contributed by atoms with Gasteiger partial charge in [0, 0.05) is 11.4 Å². The van der Waals surface area contributed by atoms with E-state index in [1.54, 1.807) is 0 Å². The van der Waals surface area contributed by atoms with Crippen LogP contribution in [0.1, 0.15) is 0 Å². The van der Waals surface area contributed by atoms with E-state index < -0.39 is 0 Å². The molecule has 3 N–H and O–H groups in total. The highest BCUT2D eigenvalue weighted by molar-refractivity contribution is 7.80. The summed E-state index contributed by atoms with van der Waals surface area (Å²) < 4.78 is 0. The second-order valence-electron chi connectivity index (χ2n) is 3.01. The summed E-state index contributed by atoms with van der Waals surface area (Å²) in [5, 5.41) is 10.2. The standard InChI is InChI=1S/C10H8S.C2H7NO/c11-10-7-3-5-8-4-1-2-6-9(8)10;3-1-2-4/h1-7,11H;4H,1-3H2. The van der Waals surface area contributed by atoms with Crippen molar-refractivity contribution >= 4 is 23.4 Å². The van der Waals surface area contributed by atoms with Crippen LogP contribution in [0.4, 0.5) is 0 Å². The lowest BCUT2D eigenvalue weighted by atomic mass is 10.1. The van der Waals surface area contributed by atoms with Crippen LogP contribution in [-0.2, 0) is 0 Å². The van der Waals surface area contributed by atoms with Gasteiger partial charge >= 0.3 is 0 Å². The molecule has 0 saturated carbocycles. The van der Waals surface area contributed by atoms with Gasteiger partial charge in [-0.1, -0.05) is 36.4 Å². The molecule has 2 aromatic carbocycles. The molecule has 0 fully saturated rings. The van der Waals surface area contributed by atoms with Crippen LogP contribution in [0.5, 0.6) is 0 Å². The molecular formula is C12H15NOS. The van der Waals surface area contributed by atoms with Crippen LogP contribution >= 0.6 is 12.6 Å². The van der Waals surface area contributed by atoms with Crippen LogP contribution < -0.4 is 5.73 Å². The topological polar surface area (TPSA) is 46.2 Å². The Kier molecular flexibility index (Phi) is 5.18. The Hall–Kier alpha value is -1.03. The summed E-state index contributed by atoms with van der Waals surface area (Å²) >= 11 is 4.35. The number of aliphatic hydroxyl groups excluding tert-OH is 1. The summed E-state index contributed by atoms with van der Waals surface area (Å²) in [7, 11) is 0. The molecule has 0 aliphatic rings. The average molecular weight is 221 g/mol. The van der Waals surface area contributed by atoms with Crippen molar-refractivity contribution in [3.8, 4) is 0 Å². The van der Waals surface area contributed by atoms with Gasteiger partial charge in [-0.05, 0) is 16.8 Å². The largest absolute Gasteiger partial charge is 0.395 e. The smallest absolute Gasteiger partial charge is 0.0553 e. The molecule has 0 bridgehead atoms. The summed E-state index contributed by atoms with van der Waals surface area (Å²) in [6.07, 6.45) is 0. The predicted octanol–water partition coefficient (Wildman–Crippen LogP) is 2.07. The van der Waals surface area contributed by atoms with E-state index in [4.69, 9.17) is 10.8 Å². The second-order valence-corrected chi connectivity index (χ2v) is 3.49. The Balaban J connectivity index is 0.000000245. The SMILES string of the molecule is NCCO.Sc1cccc2ccccc12. The van der Waals surface area contributed by atoms with Gasteiger partial charge in [0.05, 0.1) is 6.61 Å². The Morgan fingerprint density at radius 3 is 2.27 bits per heavy atom. The molecule has 0 spiro atoms. The zero-order chi connectivity index (χ0) is 11.1. The van der Waals surface area contributed by atoms with Crippen LogP contribution in [0.2, 0.25) is 0 Å². The highest BCUT2D eigenvalue weighted by atomic mass is 32.1. The minimum atomic E-state index is 0.0972. The summed E-state index contributed by atoms with van der Waals surface area (Å²) in [5.41, 5.74) is 4.78. The molecule has 2 nitrogen and oxygen atoms in total. The molecule has 0 aliphatic carbocycles. The van der Waals surface area contributed by atoms with Crippen LogP contribution in [0, 0.1) is 0 Å². The van der Waals surface area contributed by atoms with Gasteiger partial charge in [-0.15, -0.1) is 12.6 Å². The van der Waals surface area contributed by atoms with Gasteiger partial charge in [-0.2, -0.15) is 0 Å². The van der Waals surface area contributed by atoms with Crippen molar-refractivity contribution in [3.05, 3.63) is 42.5 Å². The number of nitrogens with two attached hydrogens (primary N) is 1. The molecule has 3 heteroatoms. The predicted molar refractivity (Wildman–Crippen MR) is 67.3 cm³/mol. The number of hydrogen-bond acceptors (Lipinski definition) is 3. The lowest BCUT2D eigenvalue weighted by molar-refractivity contribution is 0.306. The lowest BCUT2D eigenvalue weighted by Gasteiger charge is -1.98. The van der Waals surface area contributed by atoms with E-state index in [0.29, 0.717) is 6.54 Å². The average Bonchev–Trinajstić information content (AvgIpc) is 2.30. The van der Waals surface area contributed by atoms with Gasteiger partial charge in [0.1, 0.15) is 0 Å². The third-order valence-corrected chi connectivity index (χ3v) is 2.29. The van der Waals surface area contributed by atoms with Crippen molar-refractivity contribution in [2.24, 2.45) is 5.73 Å². The minimum absolute atomic E-state index is 0.0972. The fraction of sp³-hybridized carbons (Fsp3) is 0.167. The molecule has 2 aromatic rings. The first-order valence-electron chi connectivity index (χ1n) is 4.77. The van der Waals surface area contributed by atoms with Crippen molar-refractivity contribution in [1.82, 2.24) is 0 Å². The first-order valence-corrected chi connectivity index (χ1v) is 5.22. The molecule has 0 saturated heterocycles. The van der Waals surface area contributed by atoms with Crippen LogP contribution in [0.25, 0.3) is 10.8 Å². The van der Waals surface area contributed by atoms with E-state index in [2.05, 4.69) is 30.8 Å². The quantitative estimate of drug-likeness (QED) is 0.646. The maximum Gasteiger partial charge on any atom is 0.0553 e. The number of thiol groups is 1. The molecular weight excluding hydrogens is 206 g/mol. The first-order chi connectivity index (χ1) is 7.29. The van der Waals surface area contributed by atoms with E-state index in [9.17, 15) is 0 Å². The molecule has 80 valence electrons. The zero-order valence-electron chi connectivity index (χ0n) is 8.43. The third-order valence-electron chi connectivity index (χ3n) is 1.90. The highest BCUT2D eigenvalue weighted by Crippen LogP contribution is 2.20. The van der Waals surface area contributed by atoms with Gasteiger partial charge in [-0.3, -0.25) is 0 Å². The summed E-state index contributed by atoms with van der Waals surface area (Å²) in [5.74, 6) is 0. The molecule has 0 aromatic heterocycles. The van der Waals surface area contributed by atoms with Crippen molar-refractivity contribution in [3.63, 3.8) is 0 Å². The van der Waals surface area contributed by atoms with E-state index in [1.807, 2.05) is 24.3 Å². The highest BCUT2D eigenvalue weighted by Gasteiger charge is 1.92. The Morgan fingerprint density at radius 2 is 1.67 bits per heavy atom. The fourth-order valence-electron chi connectivity index (χ4n) is 1.21. The van der Waals surface area contributed by atoms with E-state index in [1.165, 1.54) is 10.8 Å². The van der Waals surface area contributed by atoms with E-state index >= 15 is 0 Å². The number of hydrogen-bond donors (Lipinski definition) is 3. The van der Waals surface area contributed by atoms with Gasteiger partial charge in [0.15, 0.2) is 0 Å². The second kappa shape index (κ2) is 6.45. The maximum atomic E-state index is 7.75. The number of benzene rings is 2. The normalized spacial score (nSPS) is 9.53. The molecule has 0 amide bonds. The molecule has 0 heterocycles. The molecule has 0 radical (unpaired) electrons. The molecule has 0 unspecified atom stereocenters. The zero-order valence-corrected chi connectivity index (χ0v) is 9.32. The van der Waals surface area contributed by atoms with Crippen LogP contribution in [-0.4, -0.2) is 18.3 Å². The Morgan fingerprint density at radius 1 is 1.07 bits per heavy atom. The van der Waals surface area contributed by atoms with Gasteiger partial charge < -0.3 is 10.8 Å². The van der Waals surface area contributed by atoms with Crippen molar-refractivity contribution < 1.29 is 5.11 Å². The summed E-state index contributed by atoms with van der Waals surface area (Å²) in [4.78, 5) is 1.04. The van der Waals surface area contributed by atoms with E-state index in [-0.39, 0.29) is 6.61 Å². The summed E-state index contributed by atoms with van der Waals surface area (Å²) in [6.45, 7) is 0.472. The first kappa shape index (κ1) is 12.0. The number of rotatable bonds is 1. The Labute approximate surface area is 95.1 Å². The number of aliphatic hydroxyl groups is 1. The molecule has 0 atom stereocenters. The van der Waals surface area contributed by atoms with Gasteiger partial charge in [0.25, 0.3) is 0 Å². The minimum Gasteiger partial charge on any atom is -0.395 e. The van der Waals surface area contributed by atoms with Crippen LogP contribution in [0.3, 0.4) is 0 Å². The van der Waals surface area contributed by atoms with E-state index in [0.717, 1.165) is 4.90 Å². The molecule has 15 heavy (non-hydrogen) atoms. The van der Waals surface area contributed by atoms with Gasteiger partial charge in [-0.25, -0.2) is 0 Å². The molecule has 0 aliphatic heterocycles. The number of fused-ring (bicyclic) bond motifs is 1. The van der Waals surface area contributed by atoms with Crippen molar-refractivity contribution in [2.75, 3.05) is 13.2 Å².